The molecule has 2 fully saturated rings. The number of β-amino-alcohol motifs (C(OH)–C–C–N with tert-alkyl or cyclic N) is 1. The second kappa shape index (κ2) is 10.3. The molecule has 2 saturated heterocycles. The van der Waals surface area contributed by atoms with E-state index < -0.39 is 6.35 Å². The molecule has 3 heterocycles. The SMILES string of the molecule is COc1cc2c(c(OC)c1)[C@@H](C)C=C1N(C2)C(O)N(CCO)C12CCN(Cc1cc(C)cc(C)c1)CC2. The van der Waals surface area contributed by atoms with E-state index in [1.165, 1.54) is 22.4 Å². The molecule has 1 unspecified atom stereocenters. The van der Waals surface area contributed by atoms with Gasteiger partial charge in [0.05, 0.1) is 26.4 Å². The van der Waals surface area contributed by atoms with Gasteiger partial charge in [0.15, 0.2) is 6.35 Å². The van der Waals surface area contributed by atoms with Gasteiger partial charge >= 0.3 is 0 Å². The van der Waals surface area contributed by atoms with E-state index in [0.717, 1.165) is 55.1 Å². The lowest BCUT2D eigenvalue weighted by Crippen LogP contribution is -2.55. The number of aliphatic hydroxyl groups is 2. The molecule has 2 aromatic rings. The molecule has 3 aliphatic heterocycles. The standard InChI is InChI=1S/C30H41N3O4/c1-20-12-21(2)14-23(13-20)18-31-8-6-30(7-9-31)27-15-22(3)28-24(16-25(36-4)17-26(28)37-5)19-32(27)29(35)33(30)10-11-34/h12-17,22,29,34-35H,6-11,18-19H2,1-5H3/t22-,29?/m0/s1. The minimum absolute atomic E-state index is 0.0139. The van der Waals surface area contributed by atoms with Crippen LogP contribution in [0.1, 0.15) is 53.5 Å². The first kappa shape index (κ1) is 26.0. The Hall–Kier alpha value is -2.58. The number of benzene rings is 2. The molecule has 200 valence electrons. The van der Waals surface area contributed by atoms with Gasteiger partial charge in [0.1, 0.15) is 11.5 Å². The van der Waals surface area contributed by atoms with Crippen LogP contribution in [-0.4, -0.2) is 77.3 Å². The van der Waals surface area contributed by atoms with Crippen LogP contribution in [0.4, 0.5) is 0 Å². The van der Waals surface area contributed by atoms with Crippen molar-refractivity contribution in [2.24, 2.45) is 0 Å². The minimum atomic E-state index is -0.792. The highest BCUT2D eigenvalue weighted by molar-refractivity contribution is 5.52. The lowest BCUT2D eigenvalue weighted by molar-refractivity contribution is -0.0942. The van der Waals surface area contributed by atoms with E-state index in [2.05, 4.69) is 65.8 Å². The van der Waals surface area contributed by atoms with Crippen molar-refractivity contribution in [3.05, 3.63) is 69.9 Å². The molecule has 3 aliphatic rings. The Morgan fingerprint density at radius 2 is 1.70 bits per heavy atom. The summed E-state index contributed by atoms with van der Waals surface area (Å²) in [7, 11) is 3.37. The second-order valence-electron chi connectivity index (χ2n) is 10.9. The van der Waals surface area contributed by atoms with Gasteiger partial charge in [0.25, 0.3) is 0 Å². The molecule has 0 aromatic heterocycles. The number of piperidine rings is 1. The highest BCUT2D eigenvalue weighted by Gasteiger charge is 2.55. The molecule has 0 bridgehead atoms. The third kappa shape index (κ3) is 4.63. The molecule has 0 saturated carbocycles. The van der Waals surface area contributed by atoms with Crippen LogP contribution < -0.4 is 9.47 Å². The fourth-order valence-corrected chi connectivity index (χ4v) is 6.92. The summed E-state index contributed by atoms with van der Waals surface area (Å²) in [6.07, 6.45) is 3.34. The maximum Gasteiger partial charge on any atom is 0.187 e. The number of nitrogens with zero attached hydrogens (tertiary/aromatic N) is 3. The Morgan fingerprint density at radius 1 is 1.00 bits per heavy atom. The fourth-order valence-electron chi connectivity index (χ4n) is 6.92. The summed E-state index contributed by atoms with van der Waals surface area (Å²) in [5, 5.41) is 21.6. The zero-order valence-electron chi connectivity index (χ0n) is 22.8. The smallest absolute Gasteiger partial charge is 0.187 e. The molecule has 0 radical (unpaired) electrons. The number of hydrogen-bond donors (Lipinski definition) is 2. The maximum absolute atomic E-state index is 11.6. The summed E-state index contributed by atoms with van der Waals surface area (Å²) < 4.78 is 11.3. The van der Waals surface area contributed by atoms with Crippen LogP contribution in [0.5, 0.6) is 11.5 Å². The van der Waals surface area contributed by atoms with Gasteiger partial charge in [-0.1, -0.05) is 42.3 Å². The molecule has 0 amide bonds. The van der Waals surface area contributed by atoms with E-state index in [1.54, 1.807) is 14.2 Å². The quantitative estimate of drug-likeness (QED) is 0.617. The topological polar surface area (TPSA) is 68.6 Å². The molecule has 2 aromatic carbocycles. The van der Waals surface area contributed by atoms with Gasteiger partial charge in [-0.25, -0.2) is 4.90 Å². The number of likely N-dealkylation sites (tertiary alicyclic amines) is 1. The van der Waals surface area contributed by atoms with Crippen molar-refractivity contribution in [3.63, 3.8) is 0 Å². The minimum Gasteiger partial charge on any atom is -0.497 e. The van der Waals surface area contributed by atoms with E-state index in [9.17, 15) is 10.2 Å². The fraction of sp³-hybridized carbons (Fsp3) is 0.533. The molecule has 5 rings (SSSR count). The number of aryl methyl sites for hydroxylation is 2. The molecule has 0 aliphatic carbocycles. The van der Waals surface area contributed by atoms with Crippen molar-refractivity contribution in [2.75, 3.05) is 40.5 Å². The zero-order chi connectivity index (χ0) is 26.3. The number of rotatable bonds is 6. The highest BCUT2D eigenvalue weighted by atomic mass is 16.5. The van der Waals surface area contributed by atoms with Crippen molar-refractivity contribution < 1.29 is 19.7 Å². The van der Waals surface area contributed by atoms with Gasteiger partial charge in [-0.3, -0.25) is 4.90 Å². The van der Waals surface area contributed by atoms with Crippen LogP contribution in [0.3, 0.4) is 0 Å². The molecular weight excluding hydrogens is 466 g/mol. The van der Waals surface area contributed by atoms with Crippen LogP contribution in [0.2, 0.25) is 0 Å². The van der Waals surface area contributed by atoms with E-state index in [1.807, 2.05) is 6.07 Å². The number of ether oxygens (including phenoxy) is 2. The van der Waals surface area contributed by atoms with E-state index >= 15 is 0 Å². The Balaban J connectivity index is 1.46. The Morgan fingerprint density at radius 3 is 2.32 bits per heavy atom. The van der Waals surface area contributed by atoms with Crippen LogP contribution in [-0.2, 0) is 13.1 Å². The third-order valence-corrected chi connectivity index (χ3v) is 8.47. The molecule has 7 nitrogen and oxygen atoms in total. The Labute approximate surface area is 220 Å². The summed E-state index contributed by atoms with van der Waals surface area (Å²) in [5.74, 6) is 1.68. The lowest BCUT2D eigenvalue weighted by atomic mass is 9.82. The van der Waals surface area contributed by atoms with Gasteiger partial charge in [-0.05, 0) is 43.9 Å². The normalized spacial score (nSPS) is 23.4. The van der Waals surface area contributed by atoms with Crippen molar-refractivity contribution >= 4 is 0 Å². The monoisotopic (exact) mass is 507 g/mol. The predicted octanol–water partition coefficient (Wildman–Crippen LogP) is 3.74. The zero-order valence-corrected chi connectivity index (χ0v) is 22.8. The first-order valence-corrected chi connectivity index (χ1v) is 13.4. The van der Waals surface area contributed by atoms with Crippen LogP contribution >= 0.6 is 0 Å². The molecule has 37 heavy (non-hydrogen) atoms. The van der Waals surface area contributed by atoms with Gasteiger partial charge in [0, 0.05) is 56.0 Å². The Kier molecular flexibility index (Phi) is 7.24. The lowest BCUT2D eigenvalue weighted by Gasteiger charge is -2.45. The van der Waals surface area contributed by atoms with Gasteiger partial charge in [0.2, 0.25) is 0 Å². The number of methoxy groups -OCH3 is 2. The number of fused-ring (bicyclic) bond motifs is 3. The van der Waals surface area contributed by atoms with Gasteiger partial charge < -0.3 is 24.6 Å². The molecule has 2 N–H and O–H groups in total. The van der Waals surface area contributed by atoms with Crippen LogP contribution in [0.15, 0.2) is 42.1 Å². The molecular formula is C30H41N3O4. The average Bonchev–Trinajstić information content (AvgIpc) is 2.97. The number of allylic oxidation sites excluding steroid dienone is 1. The summed E-state index contributed by atoms with van der Waals surface area (Å²) in [6, 6.07) is 10.8. The van der Waals surface area contributed by atoms with E-state index in [4.69, 9.17) is 9.47 Å². The summed E-state index contributed by atoms with van der Waals surface area (Å²) in [6.45, 7) is 10.3. The van der Waals surface area contributed by atoms with Crippen molar-refractivity contribution in [1.29, 1.82) is 0 Å². The summed E-state index contributed by atoms with van der Waals surface area (Å²) >= 11 is 0. The Bertz CT molecular complexity index is 1150. The van der Waals surface area contributed by atoms with E-state index in [-0.39, 0.29) is 18.1 Å². The van der Waals surface area contributed by atoms with Crippen molar-refractivity contribution in [1.82, 2.24) is 14.7 Å². The van der Waals surface area contributed by atoms with Crippen molar-refractivity contribution in [3.8, 4) is 11.5 Å². The summed E-state index contributed by atoms with van der Waals surface area (Å²) in [5.41, 5.74) is 7.06. The average molecular weight is 508 g/mol. The first-order chi connectivity index (χ1) is 17.8. The molecule has 2 atom stereocenters. The third-order valence-electron chi connectivity index (χ3n) is 8.47. The predicted molar refractivity (Wildman–Crippen MR) is 145 cm³/mol. The first-order valence-electron chi connectivity index (χ1n) is 13.4. The maximum atomic E-state index is 11.6. The molecule has 7 heteroatoms. The van der Waals surface area contributed by atoms with Crippen molar-refractivity contribution in [2.45, 2.75) is 64.5 Å². The van der Waals surface area contributed by atoms with E-state index in [0.29, 0.717) is 13.1 Å². The van der Waals surface area contributed by atoms with Gasteiger partial charge in [-0.2, -0.15) is 0 Å². The highest BCUT2D eigenvalue weighted by Crippen LogP contribution is 2.50. The van der Waals surface area contributed by atoms with Gasteiger partial charge in [-0.15, -0.1) is 0 Å². The van der Waals surface area contributed by atoms with Crippen LogP contribution in [0, 0.1) is 13.8 Å². The van der Waals surface area contributed by atoms with Crippen LogP contribution in [0.25, 0.3) is 0 Å². The second-order valence-corrected chi connectivity index (χ2v) is 10.9. The number of aliphatic hydroxyl groups excluding tert-OH is 2. The number of hydrogen-bond acceptors (Lipinski definition) is 7. The summed E-state index contributed by atoms with van der Waals surface area (Å²) in [4.78, 5) is 6.77. The largest absolute Gasteiger partial charge is 0.497 e. The molecule has 1 spiro atoms.